The second-order valence-corrected chi connectivity index (χ2v) is 5.27. The Morgan fingerprint density at radius 2 is 2.10 bits per heavy atom. The Morgan fingerprint density at radius 1 is 1.25 bits per heavy atom. The molecule has 5 heteroatoms. The smallest absolute Gasteiger partial charge is 0.164 e. The van der Waals surface area contributed by atoms with Gasteiger partial charge in [-0.2, -0.15) is 5.10 Å². The van der Waals surface area contributed by atoms with Gasteiger partial charge >= 0.3 is 0 Å². The van der Waals surface area contributed by atoms with Gasteiger partial charge in [0, 0.05) is 31.0 Å². The van der Waals surface area contributed by atoms with Crippen LogP contribution >= 0.6 is 0 Å². The zero-order chi connectivity index (χ0) is 13.9. The summed E-state index contributed by atoms with van der Waals surface area (Å²) in [4.78, 5) is 9.43. The Balaban J connectivity index is 2.00. The number of rotatable bonds is 4. The molecule has 1 aliphatic carbocycles. The van der Waals surface area contributed by atoms with Gasteiger partial charge in [0.2, 0.25) is 0 Å². The van der Waals surface area contributed by atoms with Crippen LogP contribution in [0.3, 0.4) is 0 Å². The molecule has 0 unspecified atom stereocenters. The van der Waals surface area contributed by atoms with Gasteiger partial charge in [-0.1, -0.05) is 6.92 Å². The molecule has 0 aliphatic heterocycles. The van der Waals surface area contributed by atoms with Gasteiger partial charge in [0.25, 0.3) is 0 Å². The van der Waals surface area contributed by atoms with E-state index in [-0.39, 0.29) is 0 Å². The van der Waals surface area contributed by atoms with Gasteiger partial charge in [0.1, 0.15) is 5.82 Å². The molecule has 0 saturated carbocycles. The normalized spacial score (nSPS) is 14.1. The van der Waals surface area contributed by atoms with E-state index in [2.05, 4.69) is 22.3 Å². The van der Waals surface area contributed by atoms with Crippen LogP contribution in [-0.2, 0) is 19.4 Å². The fourth-order valence-corrected chi connectivity index (χ4v) is 2.76. The van der Waals surface area contributed by atoms with E-state index in [0.717, 1.165) is 43.0 Å². The van der Waals surface area contributed by atoms with E-state index >= 15 is 0 Å². The average Bonchev–Trinajstić information content (AvgIpc) is 2.95. The van der Waals surface area contributed by atoms with Gasteiger partial charge in [-0.15, -0.1) is 0 Å². The van der Waals surface area contributed by atoms with Gasteiger partial charge < -0.3 is 5.32 Å². The summed E-state index contributed by atoms with van der Waals surface area (Å²) in [5.41, 5.74) is 3.50. The number of nitrogens with zero attached hydrogens (tertiary/aromatic N) is 4. The van der Waals surface area contributed by atoms with Gasteiger partial charge in [-0.05, 0) is 32.1 Å². The van der Waals surface area contributed by atoms with Crippen LogP contribution in [0.25, 0.3) is 11.4 Å². The van der Waals surface area contributed by atoms with Gasteiger partial charge in [-0.3, -0.25) is 4.68 Å². The summed E-state index contributed by atoms with van der Waals surface area (Å²) < 4.78 is 1.96. The lowest BCUT2D eigenvalue weighted by molar-refractivity contribution is 0.603. The lowest BCUT2D eigenvalue weighted by Crippen LogP contribution is -2.11. The summed E-state index contributed by atoms with van der Waals surface area (Å²) >= 11 is 0. The molecule has 1 N–H and O–H groups in total. The lowest BCUT2D eigenvalue weighted by Gasteiger charge is -2.18. The Kier molecular flexibility index (Phi) is 3.67. The van der Waals surface area contributed by atoms with Crippen LogP contribution in [0.15, 0.2) is 12.4 Å². The Morgan fingerprint density at radius 3 is 2.90 bits per heavy atom. The minimum Gasteiger partial charge on any atom is -0.373 e. The number of hydrogen-bond acceptors (Lipinski definition) is 4. The Labute approximate surface area is 119 Å². The molecule has 0 aromatic carbocycles. The number of fused-ring (bicyclic) bond motifs is 1. The van der Waals surface area contributed by atoms with E-state index in [9.17, 15) is 0 Å². The SMILES string of the molecule is CCCn1cc(-c2nc3c(c(NC)n2)CCCC3)cn1. The molecular weight excluding hydrogens is 250 g/mol. The second-order valence-electron chi connectivity index (χ2n) is 5.27. The van der Waals surface area contributed by atoms with Crippen molar-refractivity contribution in [2.75, 3.05) is 12.4 Å². The van der Waals surface area contributed by atoms with E-state index in [4.69, 9.17) is 4.98 Å². The molecule has 5 nitrogen and oxygen atoms in total. The molecule has 20 heavy (non-hydrogen) atoms. The van der Waals surface area contributed by atoms with E-state index in [1.165, 1.54) is 24.1 Å². The number of hydrogen-bond donors (Lipinski definition) is 1. The molecule has 0 amide bonds. The van der Waals surface area contributed by atoms with Crippen LogP contribution in [0.5, 0.6) is 0 Å². The third-order valence-electron chi connectivity index (χ3n) is 3.76. The predicted octanol–water partition coefficient (Wildman–Crippen LogP) is 2.67. The van der Waals surface area contributed by atoms with Crippen LogP contribution in [0.4, 0.5) is 5.82 Å². The maximum atomic E-state index is 4.76. The van der Waals surface area contributed by atoms with Crippen molar-refractivity contribution in [2.24, 2.45) is 0 Å². The zero-order valence-corrected chi connectivity index (χ0v) is 12.2. The summed E-state index contributed by atoms with van der Waals surface area (Å²) in [5, 5.41) is 7.59. The largest absolute Gasteiger partial charge is 0.373 e. The van der Waals surface area contributed by atoms with E-state index in [1.807, 2.05) is 24.1 Å². The van der Waals surface area contributed by atoms with Crippen LogP contribution < -0.4 is 5.32 Å². The summed E-state index contributed by atoms with van der Waals surface area (Å²) in [7, 11) is 1.93. The standard InChI is InChI=1S/C15H21N5/c1-3-8-20-10-11(9-17-20)14-18-13-7-5-4-6-12(13)15(16-2)19-14/h9-10H,3-8H2,1-2H3,(H,16,18,19). The van der Waals surface area contributed by atoms with Crippen LogP contribution in [-0.4, -0.2) is 26.8 Å². The van der Waals surface area contributed by atoms with Crippen molar-refractivity contribution in [3.8, 4) is 11.4 Å². The quantitative estimate of drug-likeness (QED) is 0.929. The zero-order valence-electron chi connectivity index (χ0n) is 12.2. The van der Waals surface area contributed by atoms with Crippen LogP contribution in [0.1, 0.15) is 37.4 Å². The third-order valence-corrected chi connectivity index (χ3v) is 3.76. The van der Waals surface area contributed by atoms with Crippen LogP contribution in [0, 0.1) is 0 Å². The van der Waals surface area contributed by atoms with Crippen molar-refractivity contribution in [2.45, 2.75) is 45.6 Å². The molecule has 0 radical (unpaired) electrons. The molecule has 0 atom stereocenters. The van der Waals surface area contributed by atoms with Crippen molar-refractivity contribution in [1.82, 2.24) is 19.7 Å². The molecule has 0 spiro atoms. The predicted molar refractivity (Wildman–Crippen MR) is 79.7 cm³/mol. The molecule has 0 saturated heterocycles. The van der Waals surface area contributed by atoms with Crippen molar-refractivity contribution >= 4 is 5.82 Å². The number of nitrogens with one attached hydrogen (secondary N) is 1. The first-order valence-corrected chi connectivity index (χ1v) is 7.42. The third kappa shape index (κ3) is 2.40. The second kappa shape index (κ2) is 5.61. The van der Waals surface area contributed by atoms with Crippen molar-refractivity contribution in [3.63, 3.8) is 0 Å². The molecule has 106 valence electrons. The van der Waals surface area contributed by atoms with Crippen molar-refractivity contribution in [1.29, 1.82) is 0 Å². The first-order chi connectivity index (χ1) is 9.81. The first kappa shape index (κ1) is 13.1. The summed E-state index contributed by atoms with van der Waals surface area (Å²) in [6.45, 7) is 3.08. The van der Waals surface area contributed by atoms with Crippen molar-refractivity contribution < 1.29 is 0 Å². The highest BCUT2D eigenvalue weighted by atomic mass is 15.3. The fourth-order valence-electron chi connectivity index (χ4n) is 2.76. The van der Waals surface area contributed by atoms with Crippen LogP contribution in [0.2, 0.25) is 0 Å². The maximum absolute atomic E-state index is 4.76. The van der Waals surface area contributed by atoms with E-state index in [0.29, 0.717) is 0 Å². The average molecular weight is 271 g/mol. The molecule has 0 bridgehead atoms. The molecule has 2 aromatic heterocycles. The highest BCUT2D eigenvalue weighted by Crippen LogP contribution is 2.28. The molecule has 2 heterocycles. The Bertz CT molecular complexity index is 585. The topological polar surface area (TPSA) is 55.6 Å². The fraction of sp³-hybridized carbons (Fsp3) is 0.533. The highest BCUT2D eigenvalue weighted by molar-refractivity contribution is 5.58. The minimum absolute atomic E-state index is 0.789. The summed E-state index contributed by atoms with van der Waals surface area (Å²) in [6, 6.07) is 0. The Hall–Kier alpha value is -1.91. The van der Waals surface area contributed by atoms with E-state index < -0.39 is 0 Å². The molecule has 1 aliphatic rings. The molecule has 0 fully saturated rings. The number of anilines is 1. The minimum atomic E-state index is 0.789. The summed E-state index contributed by atoms with van der Waals surface area (Å²) in [6.07, 6.45) is 9.57. The molecule has 2 aromatic rings. The van der Waals surface area contributed by atoms with E-state index in [1.54, 1.807) is 0 Å². The maximum Gasteiger partial charge on any atom is 0.164 e. The number of aromatic nitrogens is 4. The lowest BCUT2D eigenvalue weighted by atomic mass is 9.96. The summed E-state index contributed by atoms with van der Waals surface area (Å²) in [5.74, 6) is 1.77. The molecule has 3 rings (SSSR count). The van der Waals surface area contributed by atoms with Gasteiger partial charge in [0.15, 0.2) is 5.82 Å². The highest BCUT2D eigenvalue weighted by Gasteiger charge is 2.18. The monoisotopic (exact) mass is 271 g/mol. The first-order valence-electron chi connectivity index (χ1n) is 7.42. The van der Waals surface area contributed by atoms with Crippen molar-refractivity contribution in [3.05, 3.63) is 23.7 Å². The van der Waals surface area contributed by atoms with Gasteiger partial charge in [0.05, 0.1) is 11.8 Å². The van der Waals surface area contributed by atoms with Gasteiger partial charge in [-0.25, -0.2) is 9.97 Å². The number of aryl methyl sites for hydroxylation is 2. The molecular formula is C15H21N5.